The van der Waals surface area contributed by atoms with Crippen LogP contribution in [0.2, 0.25) is 0 Å². The molecule has 230 valence electrons. The molecule has 1 heterocycles. The largest absolute Gasteiger partial charge is 0.479 e. The molecular weight excluding hydrogens is 557 g/mol. The van der Waals surface area contributed by atoms with Gasteiger partial charge in [0.25, 0.3) is 0 Å². The van der Waals surface area contributed by atoms with Crippen LogP contribution in [0.25, 0.3) is 0 Å². The number of hydrogen-bond donors (Lipinski definition) is 4. The predicted molar refractivity (Wildman–Crippen MR) is 158 cm³/mol. The molecule has 0 saturated carbocycles. The minimum absolute atomic E-state index is 0.0619. The van der Waals surface area contributed by atoms with Crippen LogP contribution in [-0.4, -0.2) is 55.7 Å². The number of aryl methyl sites for hydroxylation is 1. The van der Waals surface area contributed by atoms with E-state index in [-0.39, 0.29) is 12.2 Å². The lowest BCUT2D eigenvalue weighted by Gasteiger charge is -2.29. The fourth-order valence-electron chi connectivity index (χ4n) is 4.22. The van der Waals surface area contributed by atoms with Crippen molar-refractivity contribution in [2.75, 3.05) is 5.32 Å². The number of aliphatic carboxylic acids is 1. The fourth-order valence-corrected chi connectivity index (χ4v) is 4.22. The third kappa shape index (κ3) is 9.94. The standard InChI is InChI=1S/C31H38FN5O6/c1-30(2,3)43-29(42)36-31(4,5)28(41)34-23(13-9-12-20-10-7-6-8-11-20)26(38)35-24-18-37(19-33-24)25(27(39)40)21-14-16-22(32)17-15-21/h6-8,10-11,14-19,23,25H,9,12-13H2,1-5H3,(H,34,41)(H,35,38)(H,36,42)(H,39,40)/t23-,25?/m1/s1. The first-order chi connectivity index (χ1) is 20.1. The fraction of sp³-hybridized carbons (Fsp3) is 0.387. The monoisotopic (exact) mass is 595 g/mol. The van der Waals surface area contributed by atoms with Crippen molar-refractivity contribution in [3.63, 3.8) is 0 Å². The number of imidazole rings is 1. The highest BCUT2D eigenvalue weighted by atomic mass is 19.1. The van der Waals surface area contributed by atoms with Crippen molar-refractivity contribution < 1.29 is 33.4 Å². The molecule has 11 nitrogen and oxygen atoms in total. The van der Waals surface area contributed by atoms with Gasteiger partial charge >= 0.3 is 12.1 Å². The molecule has 0 saturated heterocycles. The number of carboxylic acids is 1. The number of nitrogens with zero attached hydrogens (tertiary/aromatic N) is 2. The highest BCUT2D eigenvalue weighted by molar-refractivity contribution is 5.98. The van der Waals surface area contributed by atoms with Crippen molar-refractivity contribution in [1.82, 2.24) is 20.2 Å². The Bertz CT molecular complexity index is 1420. The van der Waals surface area contributed by atoms with Gasteiger partial charge in [0.1, 0.15) is 23.0 Å². The van der Waals surface area contributed by atoms with Crippen LogP contribution < -0.4 is 16.0 Å². The predicted octanol–water partition coefficient (Wildman–Crippen LogP) is 4.45. The number of nitrogens with one attached hydrogen (secondary N) is 3. The van der Waals surface area contributed by atoms with Crippen LogP contribution in [0.3, 0.4) is 0 Å². The molecule has 43 heavy (non-hydrogen) atoms. The third-order valence-electron chi connectivity index (χ3n) is 6.37. The van der Waals surface area contributed by atoms with Gasteiger partial charge in [-0.05, 0) is 77.1 Å². The highest BCUT2D eigenvalue weighted by Gasteiger charge is 2.34. The van der Waals surface area contributed by atoms with E-state index in [1.165, 1.54) is 43.1 Å². The molecule has 2 aromatic carbocycles. The number of anilines is 1. The molecule has 0 aliphatic carbocycles. The van der Waals surface area contributed by atoms with E-state index >= 15 is 0 Å². The number of alkyl carbamates (subject to hydrolysis) is 1. The number of carbonyl (C=O) groups is 4. The van der Waals surface area contributed by atoms with Gasteiger partial charge in [0.2, 0.25) is 11.8 Å². The SMILES string of the molecule is CC(C)(C)OC(=O)NC(C)(C)C(=O)N[C@H](CCCc1ccccc1)C(=O)Nc1cn(C(C(=O)O)c2ccc(F)cc2)cn1. The van der Waals surface area contributed by atoms with Crippen LogP contribution in [0.4, 0.5) is 15.0 Å². The minimum atomic E-state index is -1.41. The summed E-state index contributed by atoms with van der Waals surface area (Å²) in [6, 6.07) is 12.5. The number of carboxylic acid groups (broad SMARTS) is 1. The molecule has 0 spiro atoms. The van der Waals surface area contributed by atoms with E-state index in [1.807, 2.05) is 30.3 Å². The molecule has 0 aliphatic rings. The molecule has 0 aliphatic heterocycles. The molecule has 1 unspecified atom stereocenters. The van der Waals surface area contributed by atoms with E-state index in [1.54, 1.807) is 20.8 Å². The molecule has 3 aromatic rings. The molecule has 0 bridgehead atoms. The summed E-state index contributed by atoms with van der Waals surface area (Å²) in [6.45, 7) is 8.09. The molecule has 3 rings (SSSR count). The number of aromatic nitrogens is 2. The first-order valence-electron chi connectivity index (χ1n) is 13.8. The lowest BCUT2D eigenvalue weighted by molar-refractivity contribution is -0.139. The van der Waals surface area contributed by atoms with Gasteiger partial charge in [-0.3, -0.25) is 9.59 Å². The summed E-state index contributed by atoms with van der Waals surface area (Å²) in [4.78, 5) is 55.1. The second-order valence-electron chi connectivity index (χ2n) is 11.6. The van der Waals surface area contributed by atoms with Crippen molar-refractivity contribution in [2.24, 2.45) is 0 Å². The number of amides is 3. The van der Waals surface area contributed by atoms with Crippen LogP contribution >= 0.6 is 0 Å². The Hall–Kier alpha value is -4.74. The van der Waals surface area contributed by atoms with Gasteiger partial charge in [-0.2, -0.15) is 0 Å². The average Bonchev–Trinajstić information content (AvgIpc) is 3.35. The highest BCUT2D eigenvalue weighted by Crippen LogP contribution is 2.21. The Morgan fingerprint density at radius 3 is 2.26 bits per heavy atom. The summed E-state index contributed by atoms with van der Waals surface area (Å²) < 4.78 is 19.9. The van der Waals surface area contributed by atoms with Gasteiger partial charge in [-0.1, -0.05) is 42.5 Å². The molecular formula is C31H38FN5O6. The van der Waals surface area contributed by atoms with Crippen LogP contribution in [0.15, 0.2) is 67.1 Å². The lowest BCUT2D eigenvalue weighted by Crippen LogP contribution is -2.58. The number of hydrogen-bond acceptors (Lipinski definition) is 6. The van der Waals surface area contributed by atoms with Crippen molar-refractivity contribution in [3.05, 3.63) is 84.1 Å². The Kier molecular flexibility index (Phi) is 10.6. The number of halogens is 1. The van der Waals surface area contributed by atoms with Crippen LogP contribution in [0.1, 0.15) is 64.6 Å². The minimum Gasteiger partial charge on any atom is -0.479 e. The second-order valence-corrected chi connectivity index (χ2v) is 11.6. The van der Waals surface area contributed by atoms with E-state index in [0.29, 0.717) is 18.4 Å². The van der Waals surface area contributed by atoms with Crippen LogP contribution in [0, 0.1) is 5.82 Å². The van der Waals surface area contributed by atoms with Crippen molar-refractivity contribution in [1.29, 1.82) is 0 Å². The molecule has 0 radical (unpaired) electrons. The van der Waals surface area contributed by atoms with Crippen molar-refractivity contribution in [3.8, 4) is 0 Å². The number of ether oxygens (including phenoxy) is 1. The first-order valence-corrected chi connectivity index (χ1v) is 13.8. The maximum Gasteiger partial charge on any atom is 0.408 e. The maximum absolute atomic E-state index is 13.4. The molecule has 3 amide bonds. The summed E-state index contributed by atoms with van der Waals surface area (Å²) in [6.07, 6.45) is 3.29. The van der Waals surface area contributed by atoms with Gasteiger partial charge < -0.3 is 30.4 Å². The number of rotatable bonds is 12. The van der Waals surface area contributed by atoms with E-state index in [4.69, 9.17) is 4.74 Å². The average molecular weight is 596 g/mol. The first kappa shape index (κ1) is 32.8. The smallest absolute Gasteiger partial charge is 0.408 e. The summed E-state index contributed by atoms with van der Waals surface area (Å²) in [5, 5.41) is 17.7. The third-order valence-corrected chi connectivity index (χ3v) is 6.37. The summed E-state index contributed by atoms with van der Waals surface area (Å²) in [5.74, 6) is -2.82. The molecule has 0 fully saturated rings. The zero-order valence-electron chi connectivity index (χ0n) is 24.9. The normalized spacial score (nSPS) is 13.0. The summed E-state index contributed by atoms with van der Waals surface area (Å²) in [5.41, 5.74) is -0.795. The van der Waals surface area contributed by atoms with E-state index in [2.05, 4.69) is 20.9 Å². The Labute approximate surface area is 249 Å². The number of benzene rings is 2. The molecule has 1 aromatic heterocycles. The topological polar surface area (TPSA) is 152 Å². The lowest BCUT2D eigenvalue weighted by atomic mass is 10.0. The van der Waals surface area contributed by atoms with Crippen LogP contribution in [-0.2, 0) is 25.5 Å². The zero-order chi connectivity index (χ0) is 31.8. The van der Waals surface area contributed by atoms with E-state index in [9.17, 15) is 28.7 Å². The molecule has 2 atom stereocenters. The summed E-state index contributed by atoms with van der Waals surface area (Å²) >= 11 is 0. The van der Waals surface area contributed by atoms with E-state index < -0.39 is 52.9 Å². The molecule has 4 N–H and O–H groups in total. The van der Waals surface area contributed by atoms with Gasteiger partial charge in [-0.15, -0.1) is 0 Å². The molecule has 12 heteroatoms. The maximum atomic E-state index is 13.4. The van der Waals surface area contributed by atoms with Gasteiger partial charge in [0, 0.05) is 6.20 Å². The Balaban J connectivity index is 1.75. The summed E-state index contributed by atoms with van der Waals surface area (Å²) in [7, 11) is 0. The quantitative estimate of drug-likeness (QED) is 0.242. The van der Waals surface area contributed by atoms with Gasteiger partial charge in [-0.25, -0.2) is 19.0 Å². The van der Waals surface area contributed by atoms with Crippen LogP contribution in [0.5, 0.6) is 0 Å². The van der Waals surface area contributed by atoms with Gasteiger partial charge in [0.15, 0.2) is 11.9 Å². The Morgan fingerprint density at radius 2 is 1.65 bits per heavy atom. The second kappa shape index (κ2) is 14.0. The van der Waals surface area contributed by atoms with Crippen molar-refractivity contribution in [2.45, 2.75) is 77.1 Å². The van der Waals surface area contributed by atoms with Gasteiger partial charge in [0.05, 0.1) is 6.33 Å². The zero-order valence-corrected chi connectivity index (χ0v) is 24.9. The van der Waals surface area contributed by atoms with Crippen molar-refractivity contribution >= 4 is 29.7 Å². The Morgan fingerprint density at radius 1 is 1.00 bits per heavy atom. The number of carbonyl (C=O) groups excluding carboxylic acids is 3. The van der Waals surface area contributed by atoms with E-state index in [0.717, 1.165) is 17.7 Å².